The Bertz CT molecular complexity index is 783. The maximum absolute atomic E-state index is 9.86. The Labute approximate surface area is 161 Å². The molecule has 5 nitrogen and oxygen atoms in total. The summed E-state index contributed by atoms with van der Waals surface area (Å²) in [4.78, 5) is 2.04. The third-order valence-electron chi connectivity index (χ3n) is 4.97. The third kappa shape index (κ3) is 4.30. The highest BCUT2D eigenvalue weighted by molar-refractivity contribution is 5.32. The average molecular weight is 366 g/mol. The van der Waals surface area contributed by atoms with Gasteiger partial charge in [-0.1, -0.05) is 42.5 Å². The fourth-order valence-corrected chi connectivity index (χ4v) is 3.43. The lowest BCUT2D eigenvalue weighted by Crippen LogP contribution is -2.51. The summed E-state index contributed by atoms with van der Waals surface area (Å²) >= 11 is 0. The van der Waals surface area contributed by atoms with Gasteiger partial charge in [0, 0.05) is 0 Å². The molecule has 3 atom stereocenters. The quantitative estimate of drug-likeness (QED) is 0.798. The largest absolute Gasteiger partial charge is 0.497 e. The molecular formula is C22H26N2O3. The number of methoxy groups -OCH3 is 1. The van der Waals surface area contributed by atoms with Gasteiger partial charge in [0.15, 0.2) is 5.79 Å². The molecule has 142 valence electrons. The maximum atomic E-state index is 9.86. The summed E-state index contributed by atoms with van der Waals surface area (Å²) in [6, 6.07) is 19.6. The highest BCUT2D eigenvalue weighted by atomic mass is 16.7. The van der Waals surface area contributed by atoms with Gasteiger partial charge in [-0.2, -0.15) is 5.26 Å². The zero-order valence-electron chi connectivity index (χ0n) is 16.3. The summed E-state index contributed by atoms with van der Waals surface area (Å²) in [5, 5.41) is 9.86. The van der Waals surface area contributed by atoms with Crippen molar-refractivity contribution in [1.29, 1.82) is 5.26 Å². The van der Waals surface area contributed by atoms with Gasteiger partial charge >= 0.3 is 0 Å². The Balaban J connectivity index is 1.89. The minimum atomic E-state index is -0.667. The molecule has 0 spiro atoms. The first-order chi connectivity index (χ1) is 12.9. The van der Waals surface area contributed by atoms with E-state index >= 15 is 0 Å². The minimum absolute atomic E-state index is 0.0906. The molecule has 1 aliphatic heterocycles. The summed E-state index contributed by atoms with van der Waals surface area (Å²) in [6.45, 7) is 4.33. The van der Waals surface area contributed by atoms with Crippen LogP contribution in [0.4, 0.5) is 0 Å². The first-order valence-corrected chi connectivity index (χ1v) is 9.07. The van der Waals surface area contributed by atoms with Crippen LogP contribution < -0.4 is 4.74 Å². The Morgan fingerprint density at radius 2 is 1.81 bits per heavy atom. The molecule has 0 bridgehead atoms. The zero-order valence-corrected chi connectivity index (χ0v) is 16.3. The van der Waals surface area contributed by atoms with Gasteiger partial charge in [-0.05, 0) is 44.2 Å². The summed E-state index contributed by atoms with van der Waals surface area (Å²) in [5.41, 5.74) is 1.99. The molecule has 0 amide bonds. The third-order valence-corrected chi connectivity index (χ3v) is 4.97. The highest BCUT2D eigenvalue weighted by Gasteiger charge is 2.41. The van der Waals surface area contributed by atoms with E-state index < -0.39 is 11.8 Å². The predicted octanol–water partition coefficient (Wildman–Crippen LogP) is 4.08. The van der Waals surface area contributed by atoms with Crippen LogP contribution in [-0.2, 0) is 9.47 Å². The van der Waals surface area contributed by atoms with E-state index in [9.17, 15) is 5.26 Å². The van der Waals surface area contributed by atoms with Crippen LogP contribution in [0.5, 0.6) is 5.75 Å². The molecule has 0 saturated carbocycles. The molecular weight excluding hydrogens is 340 g/mol. The number of rotatable bonds is 5. The lowest BCUT2D eigenvalue weighted by atomic mass is 9.97. The van der Waals surface area contributed by atoms with Gasteiger partial charge in [0.1, 0.15) is 17.9 Å². The predicted molar refractivity (Wildman–Crippen MR) is 103 cm³/mol. The van der Waals surface area contributed by atoms with Crippen LogP contribution in [-0.4, -0.2) is 37.5 Å². The van der Waals surface area contributed by atoms with Crippen LogP contribution in [0.2, 0.25) is 0 Å². The Hall–Kier alpha value is -2.39. The lowest BCUT2D eigenvalue weighted by Gasteiger charge is -2.45. The molecule has 5 heteroatoms. The molecule has 0 aromatic heterocycles. The van der Waals surface area contributed by atoms with Gasteiger partial charge in [0.25, 0.3) is 0 Å². The van der Waals surface area contributed by atoms with Crippen LogP contribution in [0.1, 0.15) is 37.1 Å². The Morgan fingerprint density at radius 3 is 2.41 bits per heavy atom. The van der Waals surface area contributed by atoms with Gasteiger partial charge in [-0.25, -0.2) is 0 Å². The van der Waals surface area contributed by atoms with Crippen LogP contribution in [0.15, 0.2) is 54.6 Å². The van der Waals surface area contributed by atoms with Crippen molar-refractivity contribution in [3.05, 3.63) is 65.7 Å². The SMILES string of the molecule is COc1ccc([C@H](C#N)N(C)[C@H]2COC(C)(C)O[C@H]2c2ccccc2)cc1. The van der Waals surface area contributed by atoms with Crippen molar-refractivity contribution >= 4 is 0 Å². The summed E-state index contributed by atoms with van der Waals surface area (Å²) in [5.74, 6) is 0.103. The monoisotopic (exact) mass is 366 g/mol. The van der Waals surface area contributed by atoms with Crippen molar-refractivity contribution in [3.8, 4) is 11.8 Å². The Morgan fingerprint density at radius 1 is 1.15 bits per heavy atom. The summed E-state index contributed by atoms with van der Waals surface area (Å²) in [6.07, 6.45) is -0.186. The number of benzene rings is 2. The fraction of sp³-hybridized carbons (Fsp3) is 0.409. The first-order valence-electron chi connectivity index (χ1n) is 9.07. The van der Waals surface area contributed by atoms with E-state index in [0.717, 1.165) is 16.9 Å². The topological polar surface area (TPSA) is 54.7 Å². The number of hydrogen-bond donors (Lipinski definition) is 0. The molecule has 0 radical (unpaired) electrons. The van der Waals surface area contributed by atoms with Gasteiger partial charge in [-0.15, -0.1) is 0 Å². The Kier molecular flexibility index (Phi) is 5.81. The number of ether oxygens (including phenoxy) is 3. The lowest BCUT2D eigenvalue weighted by molar-refractivity contribution is -0.297. The number of nitrogens with zero attached hydrogens (tertiary/aromatic N) is 2. The standard InChI is InChI=1S/C22H26N2O3/c1-22(2)26-15-20(21(27-22)17-8-6-5-7-9-17)24(3)19(14-23)16-10-12-18(25-4)13-11-16/h5-13,19-21H,15H2,1-4H3/t19-,20-,21-/m0/s1. The van der Waals surface area contributed by atoms with E-state index in [0.29, 0.717) is 6.61 Å². The number of likely N-dealkylation sites (N-methyl/N-ethyl adjacent to an activating group) is 1. The van der Waals surface area contributed by atoms with Crippen molar-refractivity contribution in [1.82, 2.24) is 4.90 Å². The molecule has 0 N–H and O–H groups in total. The molecule has 1 fully saturated rings. The molecule has 1 heterocycles. The van der Waals surface area contributed by atoms with Gasteiger partial charge in [0.05, 0.1) is 25.8 Å². The van der Waals surface area contributed by atoms with Gasteiger partial charge in [-0.3, -0.25) is 4.90 Å². The van der Waals surface area contributed by atoms with Crippen molar-refractivity contribution in [3.63, 3.8) is 0 Å². The molecule has 3 rings (SSSR count). The van der Waals surface area contributed by atoms with E-state index in [4.69, 9.17) is 14.2 Å². The van der Waals surface area contributed by atoms with Gasteiger partial charge in [0.2, 0.25) is 0 Å². The van der Waals surface area contributed by atoms with Crippen LogP contribution in [0.25, 0.3) is 0 Å². The average Bonchev–Trinajstić information content (AvgIpc) is 2.69. The van der Waals surface area contributed by atoms with E-state index in [1.165, 1.54) is 0 Å². The molecule has 0 unspecified atom stereocenters. The van der Waals surface area contributed by atoms with Crippen molar-refractivity contribution < 1.29 is 14.2 Å². The molecule has 1 aliphatic rings. The summed E-state index contributed by atoms with van der Waals surface area (Å²) in [7, 11) is 3.58. The number of hydrogen-bond acceptors (Lipinski definition) is 5. The molecule has 2 aromatic carbocycles. The molecule has 27 heavy (non-hydrogen) atoms. The molecule has 0 aliphatic carbocycles. The van der Waals surface area contributed by atoms with E-state index in [2.05, 4.69) is 18.2 Å². The second-order valence-corrected chi connectivity index (χ2v) is 7.20. The first kappa shape index (κ1) is 19.4. The van der Waals surface area contributed by atoms with Crippen molar-refractivity contribution in [2.45, 2.75) is 37.8 Å². The fourth-order valence-electron chi connectivity index (χ4n) is 3.43. The summed E-state index contributed by atoms with van der Waals surface area (Å²) < 4.78 is 17.4. The minimum Gasteiger partial charge on any atom is -0.497 e. The second-order valence-electron chi connectivity index (χ2n) is 7.20. The van der Waals surface area contributed by atoms with E-state index in [1.54, 1.807) is 7.11 Å². The second kappa shape index (κ2) is 8.10. The highest BCUT2D eigenvalue weighted by Crippen LogP contribution is 2.37. The normalized spacial score (nSPS) is 22.8. The van der Waals surface area contributed by atoms with Crippen LogP contribution in [0, 0.1) is 11.3 Å². The van der Waals surface area contributed by atoms with Crippen molar-refractivity contribution in [2.75, 3.05) is 20.8 Å². The van der Waals surface area contributed by atoms with Crippen molar-refractivity contribution in [2.24, 2.45) is 0 Å². The van der Waals surface area contributed by atoms with Crippen LogP contribution >= 0.6 is 0 Å². The molecule has 1 saturated heterocycles. The maximum Gasteiger partial charge on any atom is 0.163 e. The molecule has 2 aromatic rings. The smallest absolute Gasteiger partial charge is 0.163 e. The number of nitriles is 1. The van der Waals surface area contributed by atoms with Crippen LogP contribution in [0.3, 0.4) is 0 Å². The zero-order chi connectivity index (χ0) is 19.4. The van der Waals surface area contributed by atoms with E-state index in [1.807, 2.05) is 68.3 Å². The van der Waals surface area contributed by atoms with Gasteiger partial charge < -0.3 is 14.2 Å². The van der Waals surface area contributed by atoms with E-state index in [-0.39, 0.29) is 12.1 Å².